The first-order valence-electron chi connectivity index (χ1n) is 10.2. The van der Waals surface area contributed by atoms with E-state index in [2.05, 4.69) is 10.7 Å². The number of hydrogen-bond donors (Lipinski definition) is 2. The lowest BCUT2D eigenvalue weighted by Crippen LogP contribution is -2.42. The van der Waals surface area contributed by atoms with E-state index in [0.29, 0.717) is 16.3 Å². The number of ether oxygens (including phenoxy) is 1. The van der Waals surface area contributed by atoms with Crippen LogP contribution in [0, 0.1) is 6.92 Å². The Morgan fingerprint density at radius 1 is 1.09 bits per heavy atom. The molecule has 1 aliphatic rings. The van der Waals surface area contributed by atoms with Gasteiger partial charge in [0.05, 0.1) is 7.11 Å². The Balaban J connectivity index is 1.70. The maximum Gasteiger partial charge on any atom is 0.304 e. The number of amides is 2. The summed E-state index contributed by atoms with van der Waals surface area (Å²) in [6, 6.07) is 20.7. The highest BCUT2D eigenvalue weighted by molar-refractivity contribution is 6.30. The maximum atomic E-state index is 12.9. The molecule has 1 fully saturated rings. The number of carbonyl (C=O) groups excluding carboxylic acids is 2. The van der Waals surface area contributed by atoms with Gasteiger partial charge in [0.15, 0.2) is 6.04 Å². The minimum absolute atomic E-state index is 0.301. The van der Waals surface area contributed by atoms with Gasteiger partial charge in [-0.15, -0.1) is 10.1 Å². The topological polar surface area (TPSA) is 70.4 Å². The minimum Gasteiger partial charge on any atom is -0.497 e. The number of rotatable bonds is 5. The molecule has 2 atom stereocenters. The largest absolute Gasteiger partial charge is 0.497 e. The van der Waals surface area contributed by atoms with Crippen molar-refractivity contribution in [2.75, 3.05) is 7.11 Å². The fourth-order valence-corrected chi connectivity index (χ4v) is 3.78. The lowest BCUT2D eigenvalue weighted by atomic mass is 9.99. The second-order valence-corrected chi connectivity index (χ2v) is 8.04. The zero-order chi connectivity index (χ0) is 22.7. The number of halogens is 1. The Kier molecular flexibility index (Phi) is 6.23. The van der Waals surface area contributed by atoms with Crippen molar-refractivity contribution < 1.29 is 19.0 Å². The van der Waals surface area contributed by atoms with E-state index >= 15 is 0 Å². The number of hydrogen-bond acceptors (Lipinski definition) is 3. The van der Waals surface area contributed by atoms with E-state index in [1.165, 1.54) is 0 Å². The van der Waals surface area contributed by atoms with E-state index < -0.39 is 12.1 Å². The van der Waals surface area contributed by atoms with E-state index in [1.807, 2.05) is 61.7 Å². The molecule has 1 aliphatic heterocycles. The highest BCUT2D eigenvalue weighted by atomic mass is 35.5. The molecule has 2 amide bonds. The predicted molar refractivity (Wildman–Crippen MR) is 123 cm³/mol. The third kappa shape index (κ3) is 4.65. The van der Waals surface area contributed by atoms with Gasteiger partial charge in [-0.25, -0.2) is 0 Å². The van der Waals surface area contributed by atoms with E-state index in [9.17, 15) is 9.59 Å². The number of carbonyl (C=O) groups is 2. The van der Waals surface area contributed by atoms with Crippen LogP contribution in [0.1, 0.15) is 33.1 Å². The minimum atomic E-state index is -0.799. The lowest BCUT2D eigenvalue weighted by molar-refractivity contribution is -0.596. The summed E-state index contributed by atoms with van der Waals surface area (Å²) >= 11 is 6.07. The van der Waals surface area contributed by atoms with Crippen LogP contribution >= 0.6 is 11.6 Å². The molecule has 2 N–H and O–H groups in total. The van der Waals surface area contributed by atoms with Crippen LogP contribution in [0.4, 0.5) is 0 Å². The van der Waals surface area contributed by atoms with Gasteiger partial charge in [0.25, 0.3) is 5.91 Å². The quantitative estimate of drug-likeness (QED) is 0.585. The van der Waals surface area contributed by atoms with Crippen LogP contribution in [0.25, 0.3) is 0 Å². The first-order chi connectivity index (χ1) is 15.4. The van der Waals surface area contributed by atoms with E-state index in [1.54, 1.807) is 36.1 Å². The third-order valence-corrected chi connectivity index (χ3v) is 5.58. The van der Waals surface area contributed by atoms with Crippen molar-refractivity contribution in [2.45, 2.75) is 19.0 Å². The van der Waals surface area contributed by atoms with Gasteiger partial charge in [-0.1, -0.05) is 47.5 Å². The second-order valence-electron chi connectivity index (χ2n) is 7.60. The molecule has 4 rings (SSSR count). The van der Waals surface area contributed by atoms with E-state index in [4.69, 9.17) is 16.3 Å². The second kappa shape index (κ2) is 9.24. The molecule has 0 aromatic heterocycles. The summed E-state index contributed by atoms with van der Waals surface area (Å²) in [6.07, 6.45) is 1.82. The Hall–Kier alpha value is -3.64. The van der Waals surface area contributed by atoms with Gasteiger partial charge in [0, 0.05) is 21.7 Å². The monoisotopic (exact) mass is 448 g/mol. The third-order valence-electron chi connectivity index (χ3n) is 5.33. The summed E-state index contributed by atoms with van der Waals surface area (Å²) in [5.41, 5.74) is 6.09. The van der Waals surface area contributed by atoms with Crippen molar-refractivity contribution in [3.8, 4) is 5.75 Å². The van der Waals surface area contributed by atoms with Gasteiger partial charge in [-0.3, -0.25) is 9.59 Å². The summed E-state index contributed by atoms with van der Waals surface area (Å²) in [5, 5.41) is 3.49. The Morgan fingerprint density at radius 3 is 2.50 bits per heavy atom. The maximum absolute atomic E-state index is 12.9. The molecule has 0 spiro atoms. The van der Waals surface area contributed by atoms with Crippen LogP contribution in [-0.2, 0) is 4.79 Å². The smallest absolute Gasteiger partial charge is 0.304 e. The Morgan fingerprint density at radius 2 is 1.81 bits per heavy atom. The molecule has 7 heteroatoms. The first-order valence-corrected chi connectivity index (χ1v) is 10.5. The Bertz CT molecular complexity index is 1170. The van der Waals surface area contributed by atoms with Crippen LogP contribution in [-0.4, -0.2) is 35.9 Å². The number of nitrogens with one attached hydrogen (secondary N) is 2. The average Bonchev–Trinajstić information content (AvgIpc) is 3.09. The number of hydrazine groups is 1. The number of methoxy groups -OCH3 is 1. The highest BCUT2D eigenvalue weighted by Gasteiger charge is 2.47. The zero-order valence-corrected chi connectivity index (χ0v) is 18.5. The molecule has 0 aliphatic carbocycles. The van der Waals surface area contributed by atoms with Crippen molar-refractivity contribution in [1.29, 1.82) is 0 Å². The molecule has 3 aromatic rings. The van der Waals surface area contributed by atoms with Crippen molar-refractivity contribution in [3.63, 3.8) is 0 Å². The van der Waals surface area contributed by atoms with Crippen molar-refractivity contribution in [2.24, 2.45) is 0 Å². The molecule has 0 radical (unpaired) electrons. The molecule has 3 aromatic carbocycles. The number of hydrazone groups is 1. The molecule has 6 nitrogen and oxygen atoms in total. The standard InChI is InChI=1S/C25H22ClN3O3/c1-16-6-8-19(9-7-16)24(30)27-22-23(18-10-12-20(26)13-11-18)29(28-25(22)31)15-17-4-3-5-21(14-17)32-2/h3-15,22-23H,1-2H3,(H-,27,28,30,31)/p+1/b29-15-/t22-,23-/m0/s1. The molecule has 0 bridgehead atoms. The van der Waals surface area contributed by atoms with Gasteiger partial charge in [-0.2, -0.15) is 0 Å². The van der Waals surface area contributed by atoms with Crippen molar-refractivity contribution >= 4 is 29.6 Å². The lowest BCUT2D eigenvalue weighted by Gasteiger charge is -2.15. The molecule has 1 heterocycles. The summed E-state index contributed by atoms with van der Waals surface area (Å²) in [6.45, 7) is 1.95. The van der Waals surface area contributed by atoms with E-state index in [0.717, 1.165) is 16.7 Å². The fourth-order valence-electron chi connectivity index (χ4n) is 3.65. The summed E-state index contributed by atoms with van der Waals surface area (Å²) in [5.74, 6) is 0.0911. The zero-order valence-electron chi connectivity index (χ0n) is 17.7. The van der Waals surface area contributed by atoms with Crippen molar-refractivity contribution in [1.82, 2.24) is 10.7 Å². The summed E-state index contributed by atoms with van der Waals surface area (Å²) < 4.78 is 7.01. The Labute approximate surface area is 191 Å². The normalized spacial score (nSPS) is 19.0. The van der Waals surface area contributed by atoms with Gasteiger partial charge < -0.3 is 10.1 Å². The first kappa shape index (κ1) is 21.6. The van der Waals surface area contributed by atoms with Crippen LogP contribution in [0.3, 0.4) is 0 Å². The molecule has 0 saturated carbocycles. The highest BCUT2D eigenvalue weighted by Crippen LogP contribution is 2.27. The van der Waals surface area contributed by atoms with Crippen molar-refractivity contribution in [3.05, 3.63) is 100 Å². The van der Waals surface area contributed by atoms with Gasteiger partial charge >= 0.3 is 5.91 Å². The van der Waals surface area contributed by atoms with Gasteiger partial charge in [0.2, 0.25) is 12.3 Å². The van der Waals surface area contributed by atoms with Gasteiger partial charge in [-0.05, 0) is 49.4 Å². The van der Waals surface area contributed by atoms with E-state index in [-0.39, 0.29) is 11.8 Å². The van der Waals surface area contributed by atoms with Crippen LogP contribution in [0.5, 0.6) is 5.75 Å². The summed E-state index contributed by atoms with van der Waals surface area (Å²) in [7, 11) is 1.60. The average molecular weight is 449 g/mol. The molecule has 162 valence electrons. The number of nitrogens with zero attached hydrogens (tertiary/aromatic N) is 1. The number of benzene rings is 3. The molecular formula is C25H23ClN3O3+. The molecule has 1 saturated heterocycles. The number of aryl methyl sites for hydroxylation is 1. The molecular weight excluding hydrogens is 426 g/mol. The van der Waals surface area contributed by atoms with Crippen LogP contribution in [0.15, 0.2) is 72.8 Å². The fraction of sp³-hybridized carbons (Fsp3) is 0.160. The van der Waals surface area contributed by atoms with Crippen LogP contribution < -0.4 is 15.5 Å². The van der Waals surface area contributed by atoms with Gasteiger partial charge in [0.1, 0.15) is 5.75 Å². The summed E-state index contributed by atoms with van der Waals surface area (Å²) in [4.78, 5) is 25.8. The molecule has 0 unspecified atom stereocenters. The predicted octanol–water partition coefficient (Wildman–Crippen LogP) is 3.67. The van der Waals surface area contributed by atoms with Crippen LogP contribution in [0.2, 0.25) is 5.02 Å². The molecule has 32 heavy (non-hydrogen) atoms. The SMILES string of the molecule is COc1cccc(/C=[N+]2\NC(=O)[C@@H](NC(=O)c3ccc(C)cc3)[C@@H]2c2ccc(Cl)cc2)c1.